The fourth-order valence-electron chi connectivity index (χ4n) is 3.18. The van der Waals surface area contributed by atoms with E-state index in [0.717, 1.165) is 12.1 Å². The van der Waals surface area contributed by atoms with Crippen LogP contribution in [-0.4, -0.2) is 17.6 Å². The molecule has 3 aromatic rings. The number of anilines is 2. The molecule has 2 amide bonds. The average Bonchev–Trinajstić information content (AvgIpc) is 3.10. The molecule has 8 heteroatoms. The molecule has 0 spiro atoms. The monoisotopic (exact) mass is 428 g/mol. The van der Waals surface area contributed by atoms with Crippen LogP contribution in [0.15, 0.2) is 66.7 Å². The summed E-state index contributed by atoms with van der Waals surface area (Å²) in [4.78, 5) is 26.1. The molecule has 1 unspecified atom stereocenters. The van der Waals surface area contributed by atoms with Gasteiger partial charge < -0.3 is 5.32 Å². The van der Waals surface area contributed by atoms with E-state index in [1.54, 1.807) is 24.3 Å². The number of carbonyl (C=O) groups is 2. The highest BCUT2D eigenvalue weighted by molar-refractivity contribution is 8.00. The number of hydrogen-bond donors (Lipinski definition) is 1. The number of hydrogen-bond acceptors (Lipinski definition) is 3. The average molecular weight is 428 g/mol. The van der Waals surface area contributed by atoms with Gasteiger partial charge in [-0.25, -0.2) is 13.2 Å². The van der Waals surface area contributed by atoms with Crippen LogP contribution in [0.25, 0.3) is 0 Å². The Kier molecular flexibility index (Phi) is 5.50. The van der Waals surface area contributed by atoms with E-state index in [1.807, 2.05) is 0 Å². The zero-order valence-corrected chi connectivity index (χ0v) is 16.3. The van der Waals surface area contributed by atoms with Crippen molar-refractivity contribution in [1.29, 1.82) is 0 Å². The lowest BCUT2D eigenvalue weighted by Gasteiger charge is -2.25. The standard InChI is InChI=1S/C22H15F3N2O2S/c23-15-6-4-13(5-7-15)21(29)26-17-3-1-2-14(10-17)22-27(20(28)12-30-22)19-9-8-16(24)11-18(19)25/h1-11,22H,12H2,(H,26,29). The predicted molar refractivity (Wildman–Crippen MR) is 110 cm³/mol. The first-order chi connectivity index (χ1) is 14.4. The van der Waals surface area contributed by atoms with E-state index >= 15 is 0 Å². The molecule has 0 saturated carbocycles. The Morgan fingerprint density at radius 3 is 2.43 bits per heavy atom. The van der Waals surface area contributed by atoms with Crippen LogP contribution in [0.1, 0.15) is 21.3 Å². The maximum atomic E-state index is 14.3. The van der Waals surface area contributed by atoms with Crippen molar-refractivity contribution in [3.05, 3.63) is 95.3 Å². The Balaban J connectivity index is 1.60. The molecule has 3 aromatic carbocycles. The van der Waals surface area contributed by atoms with Crippen molar-refractivity contribution >= 4 is 35.0 Å². The highest BCUT2D eigenvalue weighted by Gasteiger charge is 2.35. The molecule has 1 aliphatic rings. The summed E-state index contributed by atoms with van der Waals surface area (Å²) >= 11 is 1.31. The minimum absolute atomic E-state index is 0.00264. The van der Waals surface area contributed by atoms with Crippen LogP contribution in [0.5, 0.6) is 0 Å². The predicted octanol–water partition coefficient (Wildman–Crippen LogP) is 5.13. The minimum Gasteiger partial charge on any atom is -0.322 e. The molecule has 0 bridgehead atoms. The third kappa shape index (κ3) is 4.04. The minimum atomic E-state index is -0.823. The van der Waals surface area contributed by atoms with Gasteiger partial charge in [-0.2, -0.15) is 0 Å². The van der Waals surface area contributed by atoms with Crippen molar-refractivity contribution in [1.82, 2.24) is 0 Å². The molecule has 4 nitrogen and oxygen atoms in total. The fourth-order valence-corrected chi connectivity index (χ4v) is 4.34. The van der Waals surface area contributed by atoms with E-state index in [4.69, 9.17) is 0 Å². The number of rotatable bonds is 4. The molecule has 0 aromatic heterocycles. The molecule has 1 atom stereocenters. The van der Waals surface area contributed by atoms with Crippen LogP contribution < -0.4 is 10.2 Å². The van der Waals surface area contributed by atoms with Crippen LogP contribution in [0.2, 0.25) is 0 Å². The van der Waals surface area contributed by atoms with Crippen LogP contribution in [-0.2, 0) is 4.79 Å². The van der Waals surface area contributed by atoms with Gasteiger partial charge in [-0.1, -0.05) is 12.1 Å². The van der Waals surface area contributed by atoms with Gasteiger partial charge in [0.1, 0.15) is 22.8 Å². The van der Waals surface area contributed by atoms with E-state index in [9.17, 15) is 22.8 Å². The molecule has 4 rings (SSSR count). The molecule has 30 heavy (non-hydrogen) atoms. The number of thioether (sulfide) groups is 1. The second-order valence-electron chi connectivity index (χ2n) is 6.61. The SMILES string of the molecule is O=C(Nc1cccc(C2SCC(=O)N2c2ccc(F)cc2F)c1)c1ccc(F)cc1. The maximum absolute atomic E-state index is 14.3. The van der Waals surface area contributed by atoms with E-state index < -0.39 is 28.7 Å². The Morgan fingerprint density at radius 2 is 1.70 bits per heavy atom. The van der Waals surface area contributed by atoms with E-state index in [2.05, 4.69) is 5.32 Å². The topological polar surface area (TPSA) is 49.4 Å². The van der Waals surface area contributed by atoms with Gasteiger partial charge >= 0.3 is 0 Å². The number of nitrogens with zero attached hydrogens (tertiary/aromatic N) is 1. The number of halogens is 3. The Labute approximate surface area is 174 Å². The van der Waals surface area contributed by atoms with Crippen molar-refractivity contribution in [2.75, 3.05) is 16.0 Å². The lowest BCUT2D eigenvalue weighted by Crippen LogP contribution is -2.28. The van der Waals surface area contributed by atoms with Crippen LogP contribution in [0.4, 0.5) is 24.5 Å². The van der Waals surface area contributed by atoms with Gasteiger partial charge in [0.25, 0.3) is 5.91 Å². The van der Waals surface area contributed by atoms with Crippen LogP contribution >= 0.6 is 11.8 Å². The van der Waals surface area contributed by atoms with Crippen LogP contribution in [0, 0.1) is 17.5 Å². The van der Waals surface area contributed by atoms with Crippen molar-refractivity contribution in [3.63, 3.8) is 0 Å². The number of nitrogens with one attached hydrogen (secondary N) is 1. The van der Waals surface area contributed by atoms with Gasteiger partial charge in [-0.15, -0.1) is 11.8 Å². The smallest absolute Gasteiger partial charge is 0.255 e. The quantitative estimate of drug-likeness (QED) is 0.627. The summed E-state index contributed by atoms with van der Waals surface area (Å²) in [6, 6.07) is 15.0. The van der Waals surface area contributed by atoms with Crippen LogP contribution in [0.3, 0.4) is 0 Å². The summed E-state index contributed by atoms with van der Waals surface area (Å²) < 4.78 is 40.6. The first-order valence-electron chi connectivity index (χ1n) is 8.98. The molecule has 0 aliphatic carbocycles. The molecule has 1 aliphatic heterocycles. The van der Waals surface area contributed by atoms with Crippen molar-refractivity contribution in [2.45, 2.75) is 5.37 Å². The zero-order chi connectivity index (χ0) is 21.3. The molecule has 1 N–H and O–H groups in total. The molecule has 1 fully saturated rings. The van der Waals surface area contributed by atoms with Gasteiger partial charge in [0.15, 0.2) is 0 Å². The van der Waals surface area contributed by atoms with E-state index in [1.165, 1.54) is 47.0 Å². The number of benzene rings is 3. The highest BCUT2D eigenvalue weighted by Crippen LogP contribution is 2.43. The van der Waals surface area contributed by atoms with Gasteiger partial charge in [-0.05, 0) is 54.1 Å². The summed E-state index contributed by atoms with van der Waals surface area (Å²) in [6.07, 6.45) is 0. The Bertz CT molecular complexity index is 1120. The van der Waals surface area contributed by atoms with Crippen molar-refractivity contribution in [3.8, 4) is 0 Å². The molecule has 152 valence electrons. The first kappa shape index (κ1) is 20.0. The fraction of sp³-hybridized carbons (Fsp3) is 0.0909. The van der Waals surface area contributed by atoms with Gasteiger partial charge in [-0.3, -0.25) is 14.5 Å². The third-order valence-electron chi connectivity index (χ3n) is 4.57. The van der Waals surface area contributed by atoms with Gasteiger partial charge in [0.2, 0.25) is 5.91 Å². The highest BCUT2D eigenvalue weighted by atomic mass is 32.2. The van der Waals surface area contributed by atoms with E-state index in [0.29, 0.717) is 16.8 Å². The third-order valence-corrected chi connectivity index (χ3v) is 5.79. The molecule has 1 heterocycles. The second-order valence-corrected chi connectivity index (χ2v) is 7.68. The summed E-state index contributed by atoms with van der Waals surface area (Å²) in [5, 5.41) is 2.20. The largest absolute Gasteiger partial charge is 0.322 e. The molecular formula is C22H15F3N2O2S. The normalized spacial score (nSPS) is 16.0. The summed E-state index contributed by atoms with van der Waals surface area (Å²) in [5.41, 5.74) is 1.44. The summed E-state index contributed by atoms with van der Waals surface area (Å²) in [6.45, 7) is 0. The number of carbonyl (C=O) groups excluding carboxylic acids is 2. The molecule has 1 saturated heterocycles. The Morgan fingerprint density at radius 1 is 0.967 bits per heavy atom. The van der Waals surface area contributed by atoms with Crippen molar-refractivity contribution < 1.29 is 22.8 Å². The van der Waals surface area contributed by atoms with Gasteiger partial charge in [0.05, 0.1) is 11.4 Å². The molecule has 0 radical (unpaired) electrons. The second kappa shape index (κ2) is 8.23. The number of amides is 2. The zero-order valence-electron chi connectivity index (χ0n) is 15.4. The van der Waals surface area contributed by atoms with Gasteiger partial charge in [0, 0.05) is 17.3 Å². The molecular weight excluding hydrogens is 413 g/mol. The first-order valence-corrected chi connectivity index (χ1v) is 10.0. The van der Waals surface area contributed by atoms with E-state index in [-0.39, 0.29) is 17.3 Å². The Hall–Kier alpha value is -3.26. The maximum Gasteiger partial charge on any atom is 0.255 e. The van der Waals surface area contributed by atoms with Crippen molar-refractivity contribution in [2.24, 2.45) is 0 Å². The lowest BCUT2D eigenvalue weighted by molar-refractivity contribution is -0.115. The summed E-state index contributed by atoms with van der Waals surface area (Å²) in [5.74, 6) is -2.55. The summed E-state index contributed by atoms with van der Waals surface area (Å²) in [7, 11) is 0. The lowest BCUT2D eigenvalue weighted by atomic mass is 10.1.